The number of aliphatic imine (C=N–C) groups is 1. The molecule has 0 fully saturated rings. The van der Waals surface area contributed by atoms with Crippen LogP contribution < -0.4 is 9.75 Å². The molecule has 10 heavy (non-hydrogen) atoms. The first-order chi connectivity index (χ1) is 4.84. The van der Waals surface area contributed by atoms with Crippen LogP contribution in [0.3, 0.4) is 0 Å². The Morgan fingerprint density at radius 3 is 3.00 bits per heavy atom. The van der Waals surface area contributed by atoms with Gasteiger partial charge in [-0.15, -0.1) is 11.3 Å². The first-order valence-corrected chi connectivity index (χ1v) is 3.87. The highest BCUT2D eigenvalue weighted by molar-refractivity contribution is 7.07. The standard InChI is InChI=1S/C8H9NS/c1-7-8(3-5-9-2)4-6-10-7/h3-6H,1H2,2H3/b8-3-,9-5?. The van der Waals surface area contributed by atoms with Crippen LogP contribution in [0.15, 0.2) is 16.4 Å². The molecule has 1 aromatic heterocycles. The summed E-state index contributed by atoms with van der Waals surface area (Å²) >= 11 is 1.65. The minimum absolute atomic E-state index is 1.10. The zero-order valence-corrected chi connectivity index (χ0v) is 6.69. The van der Waals surface area contributed by atoms with E-state index >= 15 is 0 Å². The number of hydrogen-bond acceptors (Lipinski definition) is 2. The summed E-state index contributed by atoms with van der Waals surface area (Å²) in [6, 6.07) is 2.04. The van der Waals surface area contributed by atoms with Crippen LogP contribution in [0.25, 0.3) is 12.7 Å². The van der Waals surface area contributed by atoms with Gasteiger partial charge >= 0.3 is 0 Å². The summed E-state index contributed by atoms with van der Waals surface area (Å²) in [5.74, 6) is 0. The minimum Gasteiger partial charge on any atom is -0.296 e. The fourth-order valence-corrected chi connectivity index (χ4v) is 1.30. The van der Waals surface area contributed by atoms with Gasteiger partial charge in [-0.05, 0) is 22.7 Å². The Morgan fingerprint density at radius 2 is 2.50 bits per heavy atom. The van der Waals surface area contributed by atoms with Crippen LogP contribution in [0, 0.1) is 0 Å². The van der Waals surface area contributed by atoms with Crippen molar-refractivity contribution in [3.8, 4) is 0 Å². The second-order valence-electron chi connectivity index (χ2n) is 1.87. The van der Waals surface area contributed by atoms with Gasteiger partial charge in [0.15, 0.2) is 0 Å². The lowest BCUT2D eigenvalue weighted by molar-refractivity contribution is 1.48. The molecule has 1 rings (SSSR count). The van der Waals surface area contributed by atoms with Gasteiger partial charge in [-0.3, -0.25) is 4.99 Å². The highest BCUT2D eigenvalue weighted by atomic mass is 32.1. The van der Waals surface area contributed by atoms with Crippen molar-refractivity contribution in [2.45, 2.75) is 0 Å². The Balaban J connectivity index is 3.16. The zero-order valence-electron chi connectivity index (χ0n) is 5.87. The Morgan fingerprint density at radius 1 is 1.70 bits per heavy atom. The minimum atomic E-state index is 1.10. The Bertz CT molecular complexity index is 321. The first kappa shape index (κ1) is 7.22. The summed E-state index contributed by atoms with van der Waals surface area (Å²) in [6.07, 6.45) is 3.73. The van der Waals surface area contributed by atoms with E-state index in [4.69, 9.17) is 0 Å². The molecule has 1 nitrogen and oxygen atoms in total. The van der Waals surface area contributed by atoms with Crippen molar-refractivity contribution in [3.63, 3.8) is 0 Å². The molecule has 0 aliphatic rings. The van der Waals surface area contributed by atoms with Crippen molar-refractivity contribution in [2.24, 2.45) is 4.99 Å². The lowest BCUT2D eigenvalue weighted by Gasteiger charge is -1.71. The highest BCUT2D eigenvalue weighted by Gasteiger charge is 1.79. The monoisotopic (exact) mass is 151 g/mol. The smallest absolute Gasteiger partial charge is 0.0277 e. The predicted molar refractivity (Wildman–Crippen MR) is 48.0 cm³/mol. The summed E-state index contributed by atoms with van der Waals surface area (Å²) in [7, 11) is 1.76. The summed E-state index contributed by atoms with van der Waals surface area (Å²) < 4.78 is 1.10. The molecule has 2 heteroatoms. The van der Waals surface area contributed by atoms with E-state index in [9.17, 15) is 0 Å². The molecule has 0 bridgehead atoms. The van der Waals surface area contributed by atoms with E-state index in [-0.39, 0.29) is 0 Å². The van der Waals surface area contributed by atoms with E-state index in [0.29, 0.717) is 0 Å². The Hall–Kier alpha value is -0.890. The molecular weight excluding hydrogens is 142 g/mol. The van der Waals surface area contributed by atoms with Gasteiger partial charge < -0.3 is 0 Å². The molecule has 0 amide bonds. The fraction of sp³-hybridized carbons (Fsp3) is 0.125. The van der Waals surface area contributed by atoms with E-state index in [2.05, 4.69) is 11.6 Å². The first-order valence-electron chi connectivity index (χ1n) is 2.99. The van der Waals surface area contributed by atoms with Gasteiger partial charge in [-0.25, -0.2) is 0 Å². The molecular formula is C8H9NS. The zero-order chi connectivity index (χ0) is 7.40. The van der Waals surface area contributed by atoms with E-state index in [0.717, 1.165) is 9.75 Å². The van der Waals surface area contributed by atoms with Crippen molar-refractivity contribution < 1.29 is 0 Å². The van der Waals surface area contributed by atoms with Gasteiger partial charge in [-0.2, -0.15) is 0 Å². The maximum absolute atomic E-state index is 3.86. The maximum Gasteiger partial charge on any atom is 0.0277 e. The molecule has 0 spiro atoms. The molecule has 0 aromatic carbocycles. The normalized spacial score (nSPS) is 13.1. The van der Waals surface area contributed by atoms with Crippen LogP contribution in [-0.2, 0) is 0 Å². The van der Waals surface area contributed by atoms with Crippen molar-refractivity contribution in [2.75, 3.05) is 7.05 Å². The lowest BCUT2D eigenvalue weighted by Crippen LogP contribution is -2.15. The van der Waals surface area contributed by atoms with E-state index in [1.165, 1.54) is 0 Å². The van der Waals surface area contributed by atoms with Crippen molar-refractivity contribution in [1.82, 2.24) is 0 Å². The second kappa shape index (κ2) is 3.32. The third-order valence-corrected chi connectivity index (χ3v) is 1.98. The molecule has 0 aliphatic carbocycles. The molecule has 0 radical (unpaired) electrons. The maximum atomic E-state index is 3.86. The topological polar surface area (TPSA) is 12.4 Å². The lowest BCUT2D eigenvalue weighted by atomic mass is 10.4. The molecule has 0 saturated heterocycles. The largest absolute Gasteiger partial charge is 0.296 e. The van der Waals surface area contributed by atoms with Gasteiger partial charge in [-0.1, -0.05) is 6.58 Å². The molecule has 0 N–H and O–H groups in total. The van der Waals surface area contributed by atoms with Crippen LogP contribution >= 0.6 is 11.3 Å². The van der Waals surface area contributed by atoms with E-state index in [1.54, 1.807) is 24.6 Å². The quantitative estimate of drug-likeness (QED) is 0.522. The van der Waals surface area contributed by atoms with Crippen LogP contribution in [-0.4, -0.2) is 13.3 Å². The van der Waals surface area contributed by atoms with E-state index in [1.807, 2.05) is 17.5 Å². The summed E-state index contributed by atoms with van der Waals surface area (Å²) in [6.45, 7) is 3.86. The van der Waals surface area contributed by atoms with Crippen LogP contribution in [0.2, 0.25) is 0 Å². The van der Waals surface area contributed by atoms with Crippen LogP contribution in [0.4, 0.5) is 0 Å². The SMILES string of the molecule is C=c1scc/c1=C/C=NC. The molecule has 0 unspecified atom stereocenters. The van der Waals surface area contributed by atoms with Gasteiger partial charge in [0.25, 0.3) is 0 Å². The van der Waals surface area contributed by atoms with E-state index < -0.39 is 0 Å². The summed E-state index contributed by atoms with van der Waals surface area (Å²) in [4.78, 5) is 3.85. The van der Waals surface area contributed by atoms with Crippen molar-refractivity contribution >= 4 is 30.2 Å². The third kappa shape index (κ3) is 1.54. The molecule has 1 heterocycles. The third-order valence-electron chi connectivity index (χ3n) is 1.18. The summed E-state index contributed by atoms with van der Waals surface area (Å²) in [5, 5.41) is 3.19. The van der Waals surface area contributed by atoms with Crippen LogP contribution in [0.1, 0.15) is 0 Å². The number of hydrogen-bond donors (Lipinski definition) is 0. The Kier molecular flexibility index (Phi) is 2.40. The predicted octanol–water partition coefficient (Wildman–Crippen LogP) is 0.640. The molecule has 0 atom stereocenters. The molecule has 52 valence electrons. The molecule has 1 aromatic rings. The van der Waals surface area contributed by atoms with Gasteiger partial charge in [0.1, 0.15) is 0 Å². The number of rotatable bonds is 1. The second-order valence-corrected chi connectivity index (χ2v) is 2.87. The summed E-state index contributed by atoms with van der Waals surface area (Å²) in [5.41, 5.74) is 0. The number of thiophene rings is 1. The van der Waals surface area contributed by atoms with Gasteiger partial charge in [0.2, 0.25) is 0 Å². The average Bonchev–Trinajstić information content (AvgIpc) is 2.31. The van der Waals surface area contributed by atoms with Gasteiger partial charge in [0.05, 0.1) is 0 Å². The molecule has 0 saturated carbocycles. The average molecular weight is 151 g/mol. The fourth-order valence-electron chi connectivity index (χ4n) is 0.654. The highest BCUT2D eigenvalue weighted by Crippen LogP contribution is 1.77. The van der Waals surface area contributed by atoms with Gasteiger partial charge in [0, 0.05) is 17.8 Å². The Labute approximate surface area is 64.0 Å². The van der Waals surface area contributed by atoms with Crippen molar-refractivity contribution in [1.29, 1.82) is 0 Å². The van der Waals surface area contributed by atoms with Crippen molar-refractivity contribution in [3.05, 3.63) is 21.2 Å². The number of nitrogens with zero attached hydrogens (tertiary/aromatic N) is 1. The molecule has 0 aliphatic heterocycles. The van der Waals surface area contributed by atoms with Crippen LogP contribution in [0.5, 0.6) is 0 Å².